The molecule has 1 N–H and O–H groups in total. The van der Waals surface area contributed by atoms with Crippen LogP contribution in [0.15, 0.2) is 10.2 Å². The Balaban J connectivity index is 2.35. The van der Waals surface area contributed by atoms with Crippen LogP contribution in [0.1, 0.15) is 70.6 Å². The third kappa shape index (κ3) is 7.41. The van der Waals surface area contributed by atoms with Crippen LogP contribution in [0.25, 0.3) is 0 Å². The second kappa shape index (κ2) is 10.0. The van der Waals surface area contributed by atoms with Crippen molar-refractivity contribution in [1.29, 1.82) is 0 Å². The molecule has 0 saturated carbocycles. The lowest BCUT2D eigenvalue weighted by molar-refractivity contribution is -0.138. The highest BCUT2D eigenvalue weighted by molar-refractivity contribution is 5.73. The molecule has 0 saturated heterocycles. The van der Waals surface area contributed by atoms with Crippen molar-refractivity contribution in [1.82, 2.24) is 0 Å². The number of hydrogen-bond donors (Lipinski definition) is 1. The van der Waals surface area contributed by atoms with Gasteiger partial charge >= 0.3 is 5.97 Å². The van der Waals surface area contributed by atoms with E-state index in [1.54, 1.807) is 0 Å². The number of carbonyl (C=O) groups is 1. The average molecular weight is 254 g/mol. The van der Waals surface area contributed by atoms with Gasteiger partial charge in [-0.3, -0.25) is 0 Å². The molecule has 4 heteroatoms. The molecule has 1 aliphatic heterocycles. The number of carboxylic acid groups (broad SMARTS) is 1. The first-order chi connectivity index (χ1) is 8.80. The van der Waals surface area contributed by atoms with E-state index in [-0.39, 0.29) is 0 Å². The summed E-state index contributed by atoms with van der Waals surface area (Å²) in [6, 6.07) is -0.616. The minimum absolute atomic E-state index is 0.616. The number of rotatable bonds is 1. The SMILES string of the molecule is O=C(O)C1CCCCCCCCCCCCN=N1. The van der Waals surface area contributed by atoms with Crippen molar-refractivity contribution in [3.8, 4) is 0 Å². The summed E-state index contributed by atoms with van der Waals surface area (Å²) in [5.74, 6) is -0.830. The van der Waals surface area contributed by atoms with E-state index < -0.39 is 12.0 Å². The maximum atomic E-state index is 11.0. The van der Waals surface area contributed by atoms with E-state index in [0.717, 1.165) is 19.3 Å². The van der Waals surface area contributed by atoms with Gasteiger partial charge in [0.1, 0.15) is 0 Å². The molecule has 1 heterocycles. The van der Waals surface area contributed by atoms with Gasteiger partial charge in [0.25, 0.3) is 0 Å². The summed E-state index contributed by atoms with van der Waals surface area (Å²) in [4.78, 5) is 11.0. The Hall–Kier alpha value is -0.930. The molecule has 1 aliphatic rings. The fraction of sp³-hybridized carbons (Fsp3) is 0.929. The van der Waals surface area contributed by atoms with Gasteiger partial charge < -0.3 is 5.11 Å². The fourth-order valence-electron chi connectivity index (χ4n) is 2.32. The topological polar surface area (TPSA) is 62.0 Å². The maximum absolute atomic E-state index is 11.0. The second-order valence-electron chi connectivity index (χ2n) is 5.16. The molecule has 104 valence electrons. The van der Waals surface area contributed by atoms with Gasteiger partial charge in [-0.25, -0.2) is 4.79 Å². The van der Waals surface area contributed by atoms with E-state index in [1.807, 2.05) is 0 Å². The molecule has 4 nitrogen and oxygen atoms in total. The van der Waals surface area contributed by atoms with Crippen LogP contribution in [-0.4, -0.2) is 23.7 Å². The molecular weight excluding hydrogens is 228 g/mol. The number of aliphatic carboxylic acids is 1. The van der Waals surface area contributed by atoms with E-state index in [9.17, 15) is 4.79 Å². The Morgan fingerprint density at radius 1 is 0.833 bits per heavy atom. The highest BCUT2D eigenvalue weighted by Gasteiger charge is 2.15. The first-order valence-corrected chi connectivity index (χ1v) is 7.40. The van der Waals surface area contributed by atoms with Crippen molar-refractivity contribution in [3.63, 3.8) is 0 Å². The molecule has 0 radical (unpaired) electrons. The Kier molecular flexibility index (Phi) is 8.43. The third-order valence-corrected chi connectivity index (χ3v) is 3.49. The zero-order chi connectivity index (χ0) is 13.1. The van der Waals surface area contributed by atoms with Gasteiger partial charge in [0.2, 0.25) is 0 Å². The van der Waals surface area contributed by atoms with E-state index in [2.05, 4.69) is 10.2 Å². The molecule has 0 aromatic heterocycles. The highest BCUT2D eigenvalue weighted by atomic mass is 16.4. The number of azo groups is 1. The van der Waals surface area contributed by atoms with Crippen LogP contribution in [0.3, 0.4) is 0 Å². The molecule has 1 unspecified atom stereocenters. The van der Waals surface area contributed by atoms with Gasteiger partial charge in [-0.05, 0) is 12.8 Å². The van der Waals surface area contributed by atoms with E-state index in [0.29, 0.717) is 13.0 Å². The summed E-state index contributed by atoms with van der Waals surface area (Å²) < 4.78 is 0. The van der Waals surface area contributed by atoms with Crippen molar-refractivity contribution in [2.75, 3.05) is 6.54 Å². The fourth-order valence-corrected chi connectivity index (χ4v) is 2.32. The zero-order valence-electron chi connectivity index (χ0n) is 11.3. The van der Waals surface area contributed by atoms with Crippen LogP contribution in [0.4, 0.5) is 0 Å². The van der Waals surface area contributed by atoms with Gasteiger partial charge in [0.05, 0.1) is 6.54 Å². The number of nitrogens with zero attached hydrogens (tertiary/aromatic N) is 2. The van der Waals surface area contributed by atoms with Crippen LogP contribution >= 0.6 is 0 Å². The Bertz CT molecular complexity index is 254. The molecule has 0 spiro atoms. The van der Waals surface area contributed by atoms with Crippen molar-refractivity contribution in [2.45, 2.75) is 76.7 Å². The predicted molar refractivity (Wildman–Crippen MR) is 71.9 cm³/mol. The van der Waals surface area contributed by atoms with Crippen molar-refractivity contribution in [3.05, 3.63) is 0 Å². The minimum Gasteiger partial charge on any atom is -0.480 e. The molecule has 18 heavy (non-hydrogen) atoms. The summed E-state index contributed by atoms with van der Waals surface area (Å²) in [5, 5.41) is 17.0. The largest absolute Gasteiger partial charge is 0.480 e. The van der Waals surface area contributed by atoms with Gasteiger partial charge in [0.15, 0.2) is 6.04 Å². The van der Waals surface area contributed by atoms with Crippen molar-refractivity contribution >= 4 is 5.97 Å². The maximum Gasteiger partial charge on any atom is 0.330 e. The smallest absolute Gasteiger partial charge is 0.330 e. The molecule has 0 aromatic rings. The minimum atomic E-state index is -0.830. The summed E-state index contributed by atoms with van der Waals surface area (Å²) in [5.41, 5.74) is 0. The normalized spacial score (nSPS) is 25.0. The van der Waals surface area contributed by atoms with E-state index in [4.69, 9.17) is 5.11 Å². The lowest BCUT2D eigenvalue weighted by atomic mass is 10.0. The number of carboxylic acids is 1. The quantitative estimate of drug-likeness (QED) is 0.762. The van der Waals surface area contributed by atoms with Gasteiger partial charge in [-0.15, -0.1) is 0 Å². The molecule has 0 bridgehead atoms. The monoisotopic (exact) mass is 254 g/mol. The first kappa shape index (κ1) is 15.1. The average Bonchev–Trinajstić information content (AvgIpc) is 2.36. The van der Waals surface area contributed by atoms with Gasteiger partial charge in [-0.1, -0.05) is 57.8 Å². The number of hydrogen-bond acceptors (Lipinski definition) is 3. The summed E-state index contributed by atoms with van der Waals surface area (Å²) >= 11 is 0. The molecule has 0 amide bonds. The van der Waals surface area contributed by atoms with Crippen molar-refractivity contribution in [2.24, 2.45) is 10.2 Å². The Morgan fingerprint density at radius 3 is 1.89 bits per heavy atom. The van der Waals surface area contributed by atoms with E-state index in [1.165, 1.54) is 44.9 Å². The molecular formula is C14H26N2O2. The predicted octanol–water partition coefficient (Wildman–Crippen LogP) is 4.20. The highest BCUT2D eigenvalue weighted by Crippen LogP contribution is 2.14. The van der Waals surface area contributed by atoms with Crippen LogP contribution in [-0.2, 0) is 4.79 Å². The standard InChI is InChI=1S/C14H26N2O2/c17-14(18)13-11-9-7-5-3-1-2-4-6-8-10-12-15-16-13/h13H,1-12H2,(H,17,18). The van der Waals surface area contributed by atoms with Crippen LogP contribution in [0.2, 0.25) is 0 Å². The first-order valence-electron chi connectivity index (χ1n) is 7.40. The zero-order valence-corrected chi connectivity index (χ0v) is 11.3. The lowest BCUT2D eigenvalue weighted by Gasteiger charge is -2.05. The van der Waals surface area contributed by atoms with Crippen LogP contribution in [0, 0.1) is 0 Å². The molecule has 1 atom stereocenters. The van der Waals surface area contributed by atoms with Crippen LogP contribution in [0.5, 0.6) is 0 Å². The molecule has 0 fully saturated rings. The van der Waals surface area contributed by atoms with Crippen molar-refractivity contribution < 1.29 is 9.90 Å². The van der Waals surface area contributed by atoms with Gasteiger partial charge in [-0.2, -0.15) is 10.2 Å². The molecule has 1 rings (SSSR count). The van der Waals surface area contributed by atoms with Gasteiger partial charge in [0, 0.05) is 0 Å². The second-order valence-corrected chi connectivity index (χ2v) is 5.16. The Labute approximate surface area is 110 Å². The summed E-state index contributed by atoms with van der Waals surface area (Å²) in [6.45, 7) is 0.684. The Morgan fingerprint density at radius 2 is 1.33 bits per heavy atom. The molecule has 0 aromatic carbocycles. The third-order valence-electron chi connectivity index (χ3n) is 3.49. The van der Waals surface area contributed by atoms with E-state index >= 15 is 0 Å². The summed E-state index contributed by atoms with van der Waals surface area (Å²) in [6.07, 6.45) is 12.7. The van der Waals surface area contributed by atoms with Crippen LogP contribution < -0.4 is 0 Å². The summed E-state index contributed by atoms with van der Waals surface area (Å²) in [7, 11) is 0. The molecule has 0 aliphatic carbocycles. The lowest BCUT2D eigenvalue weighted by Crippen LogP contribution is -2.17.